The number of aryl methyl sites for hydroxylation is 2. The molecular weight excluding hydrogens is 287 g/mol. The van der Waals surface area contributed by atoms with E-state index in [9.17, 15) is 4.39 Å². The average Bonchev–Trinajstić information content (AvgIpc) is 2.58. The van der Waals surface area contributed by atoms with Gasteiger partial charge in [-0.15, -0.1) is 5.10 Å². The van der Waals surface area contributed by atoms with Gasteiger partial charge in [-0.3, -0.25) is 0 Å². The zero-order chi connectivity index (χ0) is 12.6. The van der Waals surface area contributed by atoms with Crippen LogP contribution in [0.1, 0.15) is 22.9 Å². The zero-order valence-corrected chi connectivity index (χ0v) is 11.1. The molecule has 6 heteroatoms. The van der Waals surface area contributed by atoms with Gasteiger partial charge in [-0.05, 0) is 46.1 Å². The van der Waals surface area contributed by atoms with Gasteiger partial charge in [-0.2, -0.15) is 0 Å². The molecule has 1 aromatic heterocycles. The van der Waals surface area contributed by atoms with E-state index in [2.05, 4.69) is 26.2 Å². The molecule has 0 aliphatic heterocycles. The Morgan fingerprint density at radius 2 is 2.18 bits per heavy atom. The van der Waals surface area contributed by atoms with Crippen molar-refractivity contribution >= 4 is 15.9 Å². The summed E-state index contributed by atoms with van der Waals surface area (Å²) < 4.78 is 15.2. The van der Waals surface area contributed by atoms with Gasteiger partial charge in [0.2, 0.25) is 0 Å². The van der Waals surface area contributed by atoms with Crippen LogP contribution in [0, 0.1) is 12.7 Å². The first-order chi connectivity index (χ1) is 8.00. The Bertz CT molecular complexity index is 533. The topological polar surface area (TPSA) is 56.7 Å². The van der Waals surface area contributed by atoms with Crippen LogP contribution >= 0.6 is 15.9 Å². The highest BCUT2D eigenvalue weighted by Crippen LogP contribution is 2.26. The molecule has 1 aromatic carbocycles. The second-order valence-corrected chi connectivity index (χ2v) is 4.62. The van der Waals surface area contributed by atoms with Gasteiger partial charge in [0.15, 0.2) is 4.60 Å². The summed E-state index contributed by atoms with van der Waals surface area (Å²) in [6.45, 7) is 1.83. The smallest absolute Gasteiger partial charge is 0.153 e. The quantitative estimate of drug-likeness (QED) is 0.923. The van der Waals surface area contributed by atoms with Crippen molar-refractivity contribution in [3.8, 4) is 0 Å². The van der Waals surface area contributed by atoms with Gasteiger partial charge >= 0.3 is 0 Å². The van der Waals surface area contributed by atoms with Crippen molar-refractivity contribution in [3.63, 3.8) is 0 Å². The lowest BCUT2D eigenvalue weighted by Crippen LogP contribution is -2.17. The Morgan fingerprint density at radius 3 is 2.71 bits per heavy atom. The van der Waals surface area contributed by atoms with Crippen LogP contribution in [0.3, 0.4) is 0 Å². The van der Waals surface area contributed by atoms with E-state index >= 15 is 0 Å². The highest BCUT2D eigenvalue weighted by molar-refractivity contribution is 9.10. The molecule has 0 saturated heterocycles. The number of rotatable bonds is 2. The molecule has 2 aromatic rings. The van der Waals surface area contributed by atoms with Gasteiger partial charge < -0.3 is 5.73 Å². The molecule has 2 N–H and O–H groups in total. The van der Waals surface area contributed by atoms with Gasteiger partial charge in [0, 0.05) is 7.05 Å². The minimum absolute atomic E-state index is 0.263. The van der Waals surface area contributed by atoms with E-state index in [0.29, 0.717) is 4.60 Å². The summed E-state index contributed by atoms with van der Waals surface area (Å²) in [7, 11) is 1.77. The van der Waals surface area contributed by atoms with E-state index in [1.54, 1.807) is 17.8 Å². The van der Waals surface area contributed by atoms with E-state index in [-0.39, 0.29) is 11.9 Å². The lowest BCUT2D eigenvalue weighted by Gasteiger charge is -2.15. The summed E-state index contributed by atoms with van der Waals surface area (Å²) in [4.78, 5) is 0. The standard InChI is InChI=1S/C11H12BrFN4/c1-6-5-7(13)3-4-8(6)9(14)10-11(12)15-16-17(10)2/h3-5,9H,14H2,1-2H3. The number of benzene rings is 1. The predicted octanol–water partition coefficient (Wildman–Crippen LogP) is 2.07. The SMILES string of the molecule is Cc1cc(F)ccc1C(N)c1c(Br)nnn1C. The summed E-state index contributed by atoms with van der Waals surface area (Å²) in [5.74, 6) is -0.263. The molecule has 0 bridgehead atoms. The van der Waals surface area contributed by atoms with Crippen LogP contribution in [0.2, 0.25) is 0 Å². The highest BCUT2D eigenvalue weighted by atomic mass is 79.9. The molecule has 0 saturated carbocycles. The molecular formula is C11H12BrFN4. The van der Waals surface area contributed by atoms with Gasteiger partial charge in [-0.25, -0.2) is 9.07 Å². The molecule has 0 aliphatic rings. The number of aromatic nitrogens is 3. The van der Waals surface area contributed by atoms with Gasteiger partial charge in [0.25, 0.3) is 0 Å². The summed E-state index contributed by atoms with van der Waals surface area (Å²) in [5, 5.41) is 7.76. The lowest BCUT2D eigenvalue weighted by molar-refractivity contribution is 0.621. The largest absolute Gasteiger partial charge is 0.319 e. The second-order valence-electron chi connectivity index (χ2n) is 3.87. The normalized spacial score (nSPS) is 12.8. The Hall–Kier alpha value is -1.27. The number of nitrogens with two attached hydrogens (primary N) is 1. The van der Waals surface area contributed by atoms with Crippen molar-refractivity contribution in [1.29, 1.82) is 0 Å². The summed E-state index contributed by atoms with van der Waals surface area (Å²) in [6.07, 6.45) is 0. The van der Waals surface area contributed by atoms with Gasteiger partial charge in [0.1, 0.15) is 5.82 Å². The van der Waals surface area contributed by atoms with E-state index in [4.69, 9.17) is 5.73 Å². The van der Waals surface area contributed by atoms with Crippen LogP contribution in [0.15, 0.2) is 22.8 Å². The zero-order valence-electron chi connectivity index (χ0n) is 9.48. The van der Waals surface area contributed by atoms with E-state index in [1.807, 2.05) is 6.92 Å². The van der Waals surface area contributed by atoms with Gasteiger partial charge in [-0.1, -0.05) is 11.3 Å². The third kappa shape index (κ3) is 2.23. The van der Waals surface area contributed by atoms with Crippen molar-refractivity contribution in [2.24, 2.45) is 12.8 Å². The number of hydrogen-bond acceptors (Lipinski definition) is 3. The van der Waals surface area contributed by atoms with Crippen molar-refractivity contribution in [3.05, 3.63) is 45.4 Å². The van der Waals surface area contributed by atoms with E-state index in [0.717, 1.165) is 16.8 Å². The minimum atomic E-state index is -0.384. The Labute approximate surface area is 107 Å². The Balaban J connectivity index is 2.47. The van der Waals surface area contributed by atoms with Gasteiger partial charge in [0.05, 0.1) is 11.7 Å². The molecule has 2 rings (SSSR count). The minimum Gasteiger partial charge on any atom is -0.319 e. The third-order valence-corrected chi connectivity index (χ3v) is 3.25. The molecule has 0 amide bonds. The fourth-order valence-corrected chi connectivity index (χ4v) is 2.38. The number of hydrogen-bond donors (Lipinski definition) is 1. The fraction of sp³-hybridized carbons (Fsp3) is 0.273. The molecule has 0 aliphatic carbocycles. The molecule has 0 radical (unpaired) electrons. The first kappa shape index (κ1) is 12.2. The number of halogens is 2. The molecule has 1 unspecified atom stereocenters. The van der Waals surface area contributed by atoms with Crippen LogP contribution in [-0.2, 0) is 7.05 Å². The first-order valence-electron chi connectivity index (χ1n) is 5.07. The number of nitrogens with zero attached hydrogens (tertiary/aromatic N) is 3. The molecule has 0 spiro atoms. The maximum atomic E-state index is 13.0. The predicted molar refractivity (Wildman–Crippen MR) is 65.9 cm³/mol. The molecule has 4 nitrogen and oxygen atoms in total. The van der Waals surface area contributed by atoms with E-state index in [1.165, 1.54) is 12.1 Å². The van der Waals surface area contributed by atoms with Crippen LogP contribution in [-0.4, -0.2) is 15.0 Å². The van der Waals surface area contributed by atoms with Crippen molar-refractivity contribution in [1.82, 2.24) is 15.0 Å². The maximum Gasteiger partial charge on any atom is 0.153 e. The maximum absolute atomic E-state index is 13.0. The lowest BCUT2D eigenvalue weighted by atomic mass is 10.00. The molecule has 1 heterocycles. The summed E-state index contributed by atoms with van der Waals surface area (Å²) in [6, 6.07) is 4.17. The van der Waals surface area contributed by atoms with Crippen molar-refractivity contribution in [2.75, 3.05) is 0 Å². The first-order valence-corrected chi connectivity index (χ1v) is 5.86. The van der Waals surface area contributed by atoms with Crippen LogP contribution in [0.4, 0.5) is 4.39 Å². The average molecular weight is 299 g/mol. The fourth-order valence-electron chi connectivity index (χ4n) is 1.80. The Morgan fingerprint density at radius 1 is 1.47 bits per heavy atom. The summed E-state index contributed by atoms with van der Waals surface area (Å²) in [5.41, 5.74) is 8.59. The monoisotopic (exact) mass is 298 g/mol. The molecule has 17 heavy (non-hydrogen) atoms. The van der Waals surface area contributed by atoms with E-state index < -0.39 is 0 Å². The molecule has 0 fully saturated rings. The molecule has 90 valence electrons. The summed E-state index contributed by atoms with van der Waals surface area (Å²) >= 11 is 3.31. The van der Waals surface area contributed by atoms with Crippen molar-refractivity contribution < 1.29 is 4.39 Å². The van der Waals surface area contributed by atoms with Crippen LogP contribution in [0.25, 0.3) is 0 Å². The molecule has 1 atom stereocenters. The highest BCUT2D eigenvalue weighted by Gasteiger charge is 2.19. The van der Waals surface area contributed by atoms with Crippen molar-refractivity contribution in [2.45, 2.75) is 13.0 Å². The third-order valence-electron chi connectivity index (χ3n) is 2.69. The van der Waals surface area contributed by atoms with Crippen LogP contribution < -0.4 is 5.73 Å². The second kappa shape index (κ2) is 4.54. The Kier molecular flexibility index (Phi) is 3.26. The van der Waals surface area contributed by atoms with Crippen LogP contribution in [0.5, 0.6) is 0 Å².